The molecule has 1 amide bonds. The molecule has 204 valence electrons. The third kappa shape index (κ3) is 5.73. The summed E-state index contributed by atoms with van der Waals surface area (Å²) in [7, 11) is 0. The summed E-state index contributed by atoms with van der Waals surface area (Å²) < 4.78 is 13.6. The summed E-state index contributed by atoms with van der Waals surface area (Å²) in [6.45, 7) is 17.0. The molecule has 2 fully saturated rings. The van der Waals surface area contributed by atoms with Gasteiger partial charge in [0.1, 0.15) is 5.60 Å². The summed E-state index contributed by atoms with van der Waals surface area (Å²) in [6, 6.07) is 0.432. The first-order valence-corrected chi connectivity index (χ1v) is 14.0. The topological polar surface area (TPSA) is 75.1 Å². The zero-order valence-electron chi connectivity index (χ0n) is 23.2. The molecule has 4 aliphatic rings. The van der Waals surface area contributed by atoms with Gasteiger partial charge in [-0.15, -0.1) is 0 Å². The first kappa shape index (κ1) is 26.3. The summed E-state index contributed by atoms with van der Waals surface area (Å²) in [4.78, 5) is 20.1. The molecule has 5 heterocycles. The van der Waals surface area contributed by atoms with E-state index in [0.717, 1.165) is 82.0 Å². The number of amides is 1. The average molecular weight is 513 g/mol. The van der Waals surface area contributed by atoms with Crippen LogP contribution in [-0.4, -0.2) is 88.3 Å². The van der Waals surface area contributed by atoms with Crippen LogP contribution < -0.4 is 5.32 Å². The minimum atomic E-state index is -0.569. The average Bonchev–Trinajstić information content (AvgIpc) is 3.38. The van der Waals surface area contributed by atoms with Crippen molar-refractivity contribution >= 4 is 11.7 Å². The van der Waals surface area contributed by atoms with Crippen LogP contribution in [0, 0.1) is 11.8 Å². The quantitative estimate of drug-likeness (QED) is 0.656. The van der Waals surface area contributed by atoms with Gasteiger partial charge in [-0.25, -0.2) is 4.79 Å². The molecule has 9 heteroatoms. The number of nitrogens with one attached hydrogen (secondary N) is 1. The smallest absolute Gasteiger partial charge is 0.418 e. The van der Waals surface area contributed by atoms with Crippen LogP contribution in [-0.2, 0) is 9.47 Å². The highest BCUT2D eigenvalue weighted by Gasteiger charge is 2.42. The Labute approximate surface area is 221 Å². The Kier molecular flexibility index (Phi) is 7.65. The number of fused-ring (bicyclic) bond motifs is 1. The second kappa shape index (κ2) is 10.8. The van der Waals surface area contributed by atoms with E-state index in [4.69, 9.17) is 14.6 Å². The zero-order chi connectivity index (χ0) is 26.2. The fourth-order valence-corrected chi connectivity index (χ4v) is 6.14. The van der Waals surface area contributed by atoms with Gasteiger partial charge in [-0.3, -0.25) is 14.5 Å². The van der Waals surface area contributed by atoms with E-state index in [1.54, 1.807) is 4.90 Å². The number of piperidine rings is 1. The number of ether oxygens (including phenoxy) is 2. The van der Waals surface area contributed by atoms with Crippen LogP contribution >= 0.6 is 0 Å². The Hall–Kier alpha value is -2.36. The van der Waals surface area contributed by atoms with Crippen molar-refractivity contribution in [2.75, 3.05) is 45.9 Å². The summed E-state index contributed by atoms with van der Waals surface area (Å²) in [5.74, 6) is 0.498. The van der Waals surface area contributed by atoms with Crippen LogP contribution in [0.15, 0.2) is 30.5 Å². The van der Waals surface area contributed by atoms with Crippen molar-refractivity contribution in [3.8, 4) is 0 Å². The van der Waals surface area contributed by atoms with Crippen molar-refractivity contribution in [2.45, 2.75) is 71.7 Å². The fourth-order valence-electron chi connectivity index (χ4n) is 6.14. The molecule has 9 nitrogen and oxygen atoms in total. The van der Waals surface area contributed by atoms with Gasteiger partial charge in [-0.1, -0.05) is 13.8 Å². The number of carbonyl (C=O) groups is 1. The SMILES string of the molecule is CCN1CCC(n2cc(C3=CN(C(=O)OC(C)(C)C)C4=CN[C@@H](N5CCOCC5)[C@@H](C)C4C3)cn2)CC1. The van der Waals surface area contributed by atoms with Crippen LogP contribution in [0.2, 0.25) is 0 Å². The van der Waals surface area contributed by atoms with Crippen LogP contribution in [0.4, 0.5) is 4.79 Å². The number of hydrogen-bond acceptors (Lipinski definition) is 7. The molecule has 1 aromatic rings. The molecule has 0 spiro atoms. The lowest BCUT2D eigenvalue weighted by atomic mass is 9.78. The molecule has 0 radical (unpaired) electrons. The first-order valence-electron chi connectivity index (χ1n) is 14.0. The van der Waals surface area contributed by atoms with Gasteiger partial charge in [0, 0.05) is 62.0 Å². The van der Waals surface area contributed by atoms with Crippen molar-refractivity contribution in [1.82, 2.24) is 29.8 Å². The van der Waals surface area contributed by atoms with Crippen LogP contribution in [0.1, 0.15) is 65.5 Å². The van der Waals surface area contributed by atoms with E-state index in [9.17, 15) is 4.79 Å². The van der Waals surface area contributed by atoms with E-state index in [-0.39, 0.29) is 18.2 Å². The Morgan fingerprint density at radius 2 is 1.92 bits per heavy atom. The molecule has 5 rings (SSSR count). The van der Waals surface area contributed by atoms with Crippen molar-refractivity contribution in [2.24, 2.45) is 11.8 Å². The van der Waals surface area contributed by atoms with Gasteiger partial charge >= 0.3 is 6.09 Å². The lowest BCUT2D eigenvalue weighted by molar-refractivity contribution is -0.0133. The van der Waals surface area contributed by atoms with E-state index < -0.39 is 5.60 Å². The molecule has 1 N–H and O–H groups in total. The Balaban J connectivity index is 1.41. The lowest BCUT2D eigenvalue weighted by Gasteiger charge is -2.47. The minimum absolute atomic E-state index is 0.192. The van der Waals surface area contributed by atoms with Gasteiger partial charge in [0.05, 0.1) is 31.6 Å². The number of rotatable bonds is 4. The number of nitrogens with zero attached hydrogens (tertiary/aromatic N) is 5. The molecule has 1 aromatic heterocycles. The molecule has 0 aromatic carbocycles. The van der Waals surface area contributed by atoms with Crippen LogP contribution in [0.3, 0.4) is 0 Å². The summed E-state index contributed by atoms with van der Waals surface area (Å²) in [5, 5.41) is 8.38. The number of hydrogen-bond donors (Lipinski definition) is 1. The molecule has 4 aliphatic heterocycles. The lowest BCUT2D eigenvalue weighted by Crippen LogP contribution is -2.57. The molecule has 3 atom stereocenters. The highest BCUT2D eigenvalue weighted by atomic mass is 16.6. The predicted octanol–water partition coefficient (Wildman–Crippen LogP) is 3.88. The zero-order valence-corrected chi connectivity index (χ0v) is 23.2. The van der Waals surface area contributed by atoms with Crippen molar-refractivity contribution in [3.63, 3.8) is 0 Å². The molecule has 0 aliphatic carbocycles. The van der Waals surface area contributed by atoms with Gasteiger partial charge in [-0.05, 0) is 58.1 Å². The van der Waals surface area contributed by atoms with Crippen LogP contribution in [0.25, 0.3) is 5.57 Å². The standard InChI is InChI=1S/C28H44N6O3/c1-6-31-9-7-23(8-10-31)34-19-22(16-30-34)21-15-24-20(2)26(32-11-13-36-14-12-32)29-17-25(24)33(18-21)27(35)37-28(3,4)5/h16-20,23-24,26,29H,6-15H2,1-5H3/t20-,24?,26-/m0/s1. The minimum Gasteiger partial charge on any atom is -0.443 e. The predicted molar refractivity (Wildman–Crippen MR) is 143 cm³/mol. The maximum Gasteiger partial charge on any atom is 0.418 e. The Morgan fingerprint density at radius 3 is 2.59 bits per heavy atom. The third-order valence-corrected chi connectivity index (χ3v) is 8.30. The summed E-state index contributed by atoms with van der Waals surface area (Å²) in [6.07, 6.45) is 11.2. The number of likely N-dealkylation sites (tertiary alicyclic amines) is 1. The maximum absolute atomic E-state index is 13.4. The molecule has 2 saturated heterocycles. The highest BCUT2D eigenvalue weighted by molar-refractivity contribution is 5.78. The normalized spacial score (nSPS) is 28.2. The van der Waals surface area contributed by atoms with Crippen molar-refractivity contribution in [3.05, 3.63) is 36.1 Å². The van der Waals surface area contributed by atoms with E-state index in [0.29, 0.717) is 12.0 Å². The second-order valence-electron chi connectivity index (χ2n) is 11.9. The van der Waals surface area contributed by atoms with Crippen LogP contribution in [0.5, 0.6) is 0 Å². The molecular weight excluding hydrogens is 468 g/mol. The summed E-state index contributed by atoms with van der Waals surface area (Å²) in [5.41, 5.74) is 2.65. The fraction of sp³-hybridized carbons (Fsp3) is 0.714. The van der Waals surface area contributed by atoms with Gasteiger partial charge < -0.3 is 19.7 Å². The second-order valence-corrected chi connectivity index (χ2v) is 11.9. The molecule has 1 unspecified atom stereocenters. The molecular formula is C28H44N6O3. The Morgan fingerprint density at radius 1 is 1.19 bits per heavy atom. The van der Waals surface area contributed by atoms with Gasteiger partial charge in [-0.2, -0.15) is 5.10 Å². The van der Waals surface area contributed by atoms with Gasteiger partial charge in [0.2, 0.25) is 0 Å². The number of morpholine rings is 1. The highest BCUT2D eigenvalue weighted by Crippen LogP contribution is 2.42. The molecule has 37 heavy (non-hydrogen) atoms. The first-order chi connectivity index (χ1) is 17.7. The van der Waals surface area contributed by atoms with Gasteiger partial charge in [0.25, 0.3) is 0 Å². The monoisotopic (exact) mass is 512 g/mol. The van der Waals surface area contributed by atoms with E-state index in [1.165, 1.54) is 0 Å². The third-order valence-electron chi connectivity index (χ3n) is 8.30. The van der Waals surface area contributed by atoms with Crippen molar-refractivity contribution < 1.29 is 14.3 Å². The largest absolute Gasteiger partial charge is 0.443 e. The van der Waals surface area contributed by atoms with E-state index >= 15 is 0 Å². The van der Waals surface area contributed by atoms with E-state index in [1.807, 2.05) is 39.4 Å². The number of aromatic nitrogens is 2. The number of allylic oxidation sites excluding steroid dienone is 2. The molecule has 0 saturated carbocycles. The molecule has 0 bridgehead atoms. The summed E-state index contributed by atoms with van der Waals surface area (Å²) >= 11 is 0. The van der Waals surface area contributed by atoms with E-state index in [2.05, 4.69) is 39.8 Å². The Bertz CT molecular complexity index is 1010. The van der Waals surface area contributed by atoms with Crippen molar-refractivity contribution in [1.29, 1.82) is 0 Å². The maximum atomic E-state index is 13.4. The number of carbonyl (C=O) groups excluding carboxylic acids is 1. The van der Waals surface area contributed by atoms with Gasteiger partial charge in [0.15, 0.2) is 0 Å².